The van der Waals surface area contributed by atoms with Gasteiger partial charge in [0.25, 0.3) is 5.91 Å². The third kappa shape index (κ3) is 3.18. The Bertz CT molecular complexity index is 535. The number of aliphatic hydroxyl groups excluding tert-OH is 1. The number of benzene rings is 1. The molecule has 3 atom stereocenters. The number of rotatable bonds is 4. The van der Waals surface area contributed by atoms with Gasteiger partial charge < -0.3 is 25.8 Å². The molecule has 1 aromatic rings. The van der Waals surface area contributed by atoms with Crippen LogP contribution in [0.15, 0.2) is 18.2 Å². The highest BCUT2D eigenvalue weighted by Gasteiger charge is 2.33. The minimum absolute atomic E-state index is 0.0757. The number of ether oxygens (including phenoxy) is 1. The molecule has 6 heteroatoms. The first-order valence-electron chi connectivity index (χ1n) is 7.61. The third-order valence-corrected chi connectivity index (χ3v) is 4.13. The second kappa shape index (κ2) is 6.98. The van der Waals surface area contributed by atoms with Gasteiger partial charge in [0.1, 0.15) is 6.10 Å². The van der Waals surface area contributed by atoms with E-state index in [9.17, 15) is 9.90 Å². The average molecular weight is 307 g/mol. The second-order valence-electron chi connectivity index (χ2n) is 5.90. The van der Waals surface area contributed by atoms with Crippen LogP contribution in [0.3, 0.4) is 0 Å². The van der Waals surface area contributed by atoms with Gasteiger partial charge in [0.05, 0.1) is 23.9 Å². The zero-order valence-corrected chi connectivity index (χ0v) is 13.4. The van der Waals surface area contributed by atoms with E-state index in [-0.39, 0.29) is 30.6 Å². The van der Waals surface area contributed by atoms with E-state index in [1.807, 2.05) is 20.9 Å². The van der Waals surface area contributed by atoms with Crippen molar-refractivity contribution in [3.63, 3.8) is 0 Å². The van der Waals surface area contributed by atoms with E-state index in [2.05, 4.69) is 5.32 Å². The van der Waals surface area contributed by atoms with Crippen LogP contribution < -0.4 is 15.8 Å². The Kier molecular flexibility index (Phi) is 5.26. The number of anilines is 1. The maximum absolute atomic E-state index is 12.8. The number of para-hydroxylation sites is 1. The number of likely N-dealkylation sites (N-methyl/N-ethyl adjacent to an activating group) is 1. The summed E-state index contributed by atoms with van der Waals surface area (Å²) in [4.78, 5) is 14.5. The van der Waals surface area contributed by atoms with Gasteiger partial charge >= 0.3 is 0 Å². The van der Waals surface area contributed by atoms with Crippen LogP contribution in [-0.4, -0.2) is 54.8 Å². The van der Waals surface area contributed by atoms with Crippen molar-refractivity contribution in [1.29, 1.82) is 0 Å². The van der Waals surface area contributed by atoms with Crippen molar-refractivity contribution in [2.24, 2.45) is 5.92 Å². The number of hydrogen-bond donors (Lipinski definition) is 3. The van der Waals surface area contributed by atoms with E-state index < -0.39 is 0 Å². The fourth-order valence-corrected chi connectivity index (χ4v) is 2.71. The third-order valence-electron chi connectivity index (χ3n) is 4.13. The minimum atomic E-state index is -0.252. The molecule has 1 heterocycles. The lowest BCUT2D eigenvalue weighted by molar-refractivity contribution is 0.0417. The topological polar surface area (TPSA) is 87.8 Å². The molecule has 0 aromatic heterocycles. The van der Waals surface area contributed by atoms with Crippen molar-refractivity contribution in [1.82, 2.24) is 10.2 Å². The predicted octanol–water partition coefficient (Wildman–Crippen LogP) is 0.708. The molecule has 0 unspecified atom stereocenters. The lowest BCUT2D eigenvalue weighted by Crippen LogP contribution is -2.49. The number of nitrogen functional groups attached to an aromatic ring is 1. The molecule has 1 aromatic carbocycles. The van der Waals surface area contributed by atoms with Crippen molar-refractivity contribution in [2.45, 2.75) is 26.0 Å². The summed E-state index contributed by atoms with van der Waals surface area (Å²) in [5, 5.41) is 12.6. The molecular formula is C16H25N3O3. The van der Waals surface area contributed by atoms with Gasteiger partial charge in [-0.05, 0) is 26.1 Å². The van der Waals surface area contributed by atoms with Crippen LogP contribution in [0.1, 0.15) is 24.2 Å². The monoisotopic (exact) mass is 307 g/mol. The van der Waals surface area contributed by atoms with Crippen LogP contribution in [0.5, 0.6) is 5.75 Å². The molecule has 0 radical (unpaired) electrons. The molecule has 0 aliphatic carbocycles. The minimum Gasteiger partial charge on any atom is -0.486 e. The summed E-state index contributed by atoms with van der Waals surface area (Å²) >= 11 is 0. The van der Waals surface area contributed by atoms with E-state index in [0.717, 1.165) is 0 Å². The molecule has 1 aliphatic rings. The zero-order chi connectivity index (χ0) is 16.3. The fourth-order valence-electron chi connectivity index (χ4n) is 2.71. The van der Waals surface area contributed by atoms with E-state index in [1.165, 1.54) is 0 Å². The van der Waals surface area contributed by atoms with Crippen molar-refractivity contribution >= 4 is 11.6 Å². The smallest absolute Gasteiger partial charge is 0.258 e. The number of fused-ring (bicyclic) bond motifs is 1. The van der Waals surface area contributed by atoms with Gasteiger partial charge in [-0.3, -0.25) is 4.79 Å². The Morgan fingerprint density at radius 3 is 2.91 bits per heavy atom. The summed E-state index contributed by atoms with van der Waals surface area (Å²) in [7, 11) is 1.86. The van der Waals surface area contributed by atoms with Crippen LogP contribution in [0.2, 0.25) is 0 Å². The van der Waals surface area contributed by atoms with Gasteiger partial charge in [-0.25, -0.2) is 0 Å². The molecule has 122 valence electrons. The van der Waals surface area contributed by atoms with Gasteiger partial charge in [-0.15, -0.1) is 0 Å². The van der Waals surface area contributed by atoms with E-state index >= 15 is 0 Å². The number of nitrogens with one attached hydrogen (secondary N) is 1. The number of carbonyl (C=O) groups is 1. The largest absolute Gasteiger partial charge is 0.486 e. The number of nitrogens with two attached hydrogens (primary N) is 1. The first-order chi connectivity index (χ1) is 10.5. The number of aliphatic hydroxyl groups is 1. The summed E-state index contributed by atoms with van der Waals surface area (Å²) in [6.07, 6.45) is -0.102. The quantitative estimate of drug-likeness (QED) is 0.713. The molecule has 0 fully saturated rings. The lowest BCUT2D eigenvalue weighted by Gasteiger charge is -2.37. The SMILES string of the molecule is CNC[C@H]1Oc2c(N)cccc2C(=O)N([C@@H](C)CO)C[C@H]1C. The number of hydrogen-bond acceptors (Lipinski definition) is 5. The van der Waals surface area contributed by atoms with Crippen LogP contribution >= 0.6 is 0 Å². The maximum atomic E-state index is 12.8. The van der Waals surface area contributed by atoms with Crippen molar-refractivity contribution in [2.75, 3.05) is 32.5 Å². The molecule has 2 rings (SSSR count). The van der Waals surface area contributed by atoms with E-state index in [0.29, 0.717) is 30.1 Å². The Labute approximate surface area is 131 Å². The first-order valence-corrected chi connectivity index (χ1v) is 7.61. The normalized spacial score (nSPS) is 23.3. The Balaban J connectivity index is 2.48. The van der Waals surface area contributed by atoms with E-state index in [4.69, 9.17) is 10.5 Å². The van der Waals surface area contributed by atoms with Gasteiger partial charge in [-0.1, -0.05) is 13.0 Å². The summed E-state index contributed by atoms with van der Waals surface area (Å²) < 4.78 is 6.06. The van der Waals surface area contributed by atoms with Crippen molar-refractivity contribution in [3.8, 4) is 5.75 Å². The van der Waals surface area contributed by atoms with E-state index in [1.54, 1.807) is 23.1 Å². The molecule has 0 saturated heterocycles. The Hall–Kier alpha value is -1.79. The van der Waals surface area contributed by atoms with Gasteiger partial charge in [0.2, 0.25) is 0 Å². The summed E-state index contributed by atoms with van der Waals surface area (Å²) in [5.41, 5.74) is 6.92. The van der Waals surface area contributed by atoms with Crippen LogP contribution in [0, 0.1) is 5.92 Å². The Morgan fingerprint density at radius 2 is 2.27 bits per heavy atom. The second-order valence-corrected chi connectivity index (χ2v) is 5.90. The number of carbonyl (C=O) groups excluding carboxylic acids is 1. The predicted molar refractivity (Wildman–Crippen MR) is 85.9 cm³/mol. The summed E-state index contributed by atoms with van der Waals surface area (Å²) in [6.45, 7) is 4.99. The van der Waals surface area contributed by atoms with Crippen molar-refractivity contribution < 1.29 is 14.6 Å². The van der Waals surface area contributed by atoms with Crippen LogP contribution in [-0.2, 0) is 0 Å². The summed E-state index contributed by atoms with van der Waals surface area (Å²) in [6, 6.07) is 4.94. The molecule has 0 saturated carbocycles. The molecule has 0 bridgehead atoms. The van der Waals surface area contributed by atoms with Gasteiger partial charge in [0, 0.05) is 19.0 Å². The zero-order valence-electron chi connectivity index (χ0n) is 13.4. The molecule has 4 N–H and O–H groups in total. The number of amides is 1. The maximum Gasteiger partial charge on any atom is 0.258 e. The highest BCUT2D eigenvalue weighted by atomic mass is 16.5. The van der Waals surface area contributed by atoms with Crippen LogP contribution in [0.25, 0.3) is 0 Å². The summed E-state index contributed by atoms with van der Waals surface area (Å²) in [5.74, 6) is 0.395. The molecule has 22 heavy (non-hydrogen) atoms. The van der Waals surface area contributed by atoms with Crippen molar-refractivity contribution in [3.05, 3.63) is 23.8 Å². The molecule has 6 nitrogen and oxygen atoms in total. The lowest BCUT2D eigenvalue weighted by atomic mass is 9.99. The highest BCUT2D eigenvalue weighted by Crippen LogP contribution is 2.32. The molecule has 0 spiro atoms. The molecule has 1 aliphatic heterocycles. The highest BCUT2D eigenvalue weighted by molar-refractivity contribution is 5.99. The fraction of sp³-hybridized carbons (Fsp3) is 0.562. The number of nitrogens with zero attached hydrogens (tertiary/aromatic N) is 1. The van der Waals surface area contributed by atoms with Gasteiger partial charge in [0.15, 0.2) is 5.75 Å². The molecular weight excluding hydrogens is 282 g/mol. The van der Waals surface area contributed by atoms with Crippen LogP contribution in [0.4, 0.5) is 5.69 Å². The van der Waals surface area contributed by atoms with Gasteiger partial charge in [-0.2, -0.15) is 0 Å². The molecule has 1 amide bonds. The Morgan fingerprint density at radius 1 is 1.55 bits per heavy atom. The first kappa shape index (κ1) is 16.6. The standard InChI is InChI=1S/C16H25N3O3/c1-10-8-19(11(2)9-20)16(21)12-5-4-6-13(17)15(12)22-14(10)7-18-3/h4-6,10-11,14,18,20H,7-9,17H2,1-3H3/t10-,11+,14-/m1/s1. The average Bonchev–Trinajstić information content (AvgIpc) is 2.51.